The van der Waals surface area contributed by atoms with Gasteiger partial charge in [-0.2, -0.15) is 0 Å². The number of rotatable bonds is 6. The third-order valence-corrected chi connectivity index (χ3v) is 5.03. The van der Waals surface area contributed by atoms with Crippen LogP contribution in [0.4, 0.5) is 8.78 Å². The summed E-state index contributed by atoms with van der Waals surface area (Å²) in [5.74, 6) is -1.32. The van der Waals surface area contributed by atoms with E-state index in [1.165, 1.54) is 0 Å². The molecule has 0 bridgehead atoms. The largest absolute Gasteiger partial charge is 0.240 e. The molecular weight excluding hydrogens is 360 g/mol. The lowest BCUT2D eigenvalue weighted by molar-refractivity contribution is 0.561. The zero-order valence-electron chi connectivity index (χ0n) is 13.6. The monoisotopic (exact) mass is 375 g/mol. The van der Waals surface area contributed by atoms with Crippen molar-refractivity contribution < 1.29 is 17.2 Å². The van der Waals surface area contributed by atoms with Crippen LogP contribution in [0.15, 0.2) is 65.8 Å². The molecule has 0 saturated heterocycles. The molecule has 5 nitrogen and oxygen atoms in total. The van der Waals surface area contributed by atoms with Crippen LogP contribution >= 0.6 is 0 Å². The van der Waals surface area contributed by atoms with E-state index < -0.39 is 26.6 Å². The smallest absolute Gasteiger partial charge is 0.236 e. The summed E-state index contributed by atoms with van der Waals surface area (Å²) in [6.07, 6.45) is 3.57. The van der Waals surface area contributed by atoms with Crippen molar-refractivity contribution in [2.45, 2.75) is 11.3 Å². The summed E-state index contributed by atoms with van der Waals surface area (Å²) in [4.78, 5) is 8.06. The molecule has 3 aromatic rings. The fraction of sp³-hybridized carbons (Fsp3) is 0.111. The van der Waals surface area contributed by atoms with Gasteiger partial charge in [-0.1, -0.05) is 30.3 Å². The van der Waals surface area contributed by atoms with Crippen LogP contribution in [0.3, 0.4) is 0 Å². The van der Waals surface area contributed by atoms with Gasteiger partial charge in [-0.05, 0) is 24.1 Å². The Labute approximate surface area is 149 Å². The fourth-order valence-corrected chi connectivity index (χ4v) is 3.39. The van der Waals surface area contributed by atoms with E-state index in [1.807, 2.05) is 30.3 Å². The van der Waals surface area contributed by atoms with E-state index in [2.05, 4.69) is 14.7 Å². The minimum atomic E-state index is -4.00. The summed E-state index contributed by atoms with van der Waals surface area (Å²) in [6.45, 7) is 0.0501. The average Bonchev–Trinajstić information content (AvgIpc) is 2.62. The van der Waals surface area contributed by atoms with E-state index in [4.69, 9.17) is 0 Å². The second-order valence-corrected chi connectivity index (χ2v) is 7.30. The molecule has 0 atom stereocenters. The predicted octanol–water partition coefficient (Wildman–Crippen LogP) is 2.94. The maximum Gasteiger partial charge on any atom is 0.240 e. The van der Waals surface area contributed by atoms with E-state index in [-0.39, 0.29) is 6.54 Å². The van der Waals surface area contributed by atoms with Crippen molar-refractivity contribution in [1.29, 1.82) is 0 Å². The highest BCUT2D eigenvalue weighted by molar-refractivity contribution is 7.89. The average molecular weight is 375 g/mol. The van der Waals surface area contributed by atoms with Gasteiger partial charge in [0.05, 0.1) is 4.90 Å². The van der Waals surface area contributed by atoms with E-state index >= 15 is 0 Å². The second kappa shape index (κ2) is 7.67. The van der Waals surface area contributed by atoms with Gasteiger partial charge in [0, 0.05) is 30.6 Å². The zero-order valence-corrected chi connectivity index (χ0v) is 14.4. The molecule has 8 heteroatoms. The van der Waals surface area contributed by atoms with Gasteiger partial charge in [-0.15, -0.1) is 0 Å². The number of aromatic nitrogens is 2. The first-order chi connectivity index (χ1) is 12.4. The molecule has 0 fully saturated rings. The van der Waals surface area contributed by atoms with E-state index in [9.17, 15) is 17.2 Å². The fourth-order valence-electron chi connectivity index (χ4n) is 2.32. The van der Waals surface area contributed by atoms with Crippen LogP contribution in [-0.4, -0.2) is 24.9 Å². The zero-order chi connectivity index (χ0) is 18.6. The molecule has 0 saturated carbocycles. The van der Waals surface area contributed by atoms with Crippen molar-refractivity contribution in [3.63, 3.8) is 0 Å². The first kappa shape index (κ1) is 18.1. The lowest BCUT2D eigenvalue weighted by Crippen LogP contribution is -2.26. The van der Waals surface area contributed by atoms with E-state index in [1.54, 1.807) is 12.4 Å². The van der Waals surface area contributed by atoms with Crippen LogP contribution in [0.2, 0.25) is 0 Å². The summed E-state index contributed by atoms with van der Waals surface area (Å²) in [7, 11) is -4.00. The normalized spacial score (nSPS) is 11.5. The number of nitrogens with one attached hydrogen (secondary N) is 1. The van der Waals surface area contributed by atoms with Gasteiger partial charge in [-0.3, -0.25) is 0 Å². The van der Waals surface area contributed by atoms with Crippen molar-refractivity contribution in [1.82, 2.24) is 14.7 Å². The number of hydrogen-bond acceptors (Lipinski definition) is 4. The van der Waals surface area contributed by atoms with Crippen molar-refractivity contribution in [2.75, 3.05) is 6.54 Å². The summed E-state index contributed by atoms with van der Waals surface area (Å²) < 4.78 is 52.8. The summed E-state index contributed by atoms with van der Waals surface area (Å²) in [5.41, 5.74) is 1.62. The highest BCUT2D eigenvalue weighted by Crippen LogP contribution is 2.15. The molecule has 0 aliphatic heterocycles. The Morgan fingerprint density at radius 1 is 0.923 bits per heavy atom. The first-order valence-corrected chi connectivity index (χ1v) is 9.24. The second-order valence-electron chi connectivity index (χ2n) is 5.53. The maximum absolute atomic E-state index is 13.2. The van der Waals surface area contributed by atoms with Gasteiger partial charge in [0.15, 0.2) is 5.82 Å². The summed E-state index contributed by atoms with van der Waals surface area (Å²) in [6, 6.07) is 11.6. The molecule has 1 N–H and O–H groups in total. The first-order valence-electron chi connectivity index (χ1n) is 7.76. The molecule has 3 rings (SSSR count). The van der Waals surface area contributed by atoms with Crippen LogP contribution in [0.25, 0.3) is 11.4 Å². The van der Waals surface area contributed by atoms with E-state index in [0.717, 1.165) is 23.3 Å². The molecule has 2 aromatic carbocycles. The third-order valence-electron chi connectivity index (χ3n) is 3.59. The lowest BCUT2D eigenvalue weighted by Gasteiger charge is -2.07. The Morgan fingerprint density at radius 3 is 2.15 bits per heavy atom. The topological polar surface area (TPSA) is 72.0 Å². The van der Waals surface area contributed by atoms with Crippen molar-refractivity contribution in [3.8, 4) is 11.4 Å². The number of hydrogen-bond donors (Lipinski definition) is 1. The molecule has 0 radical (unpaired) electrons. The van der Waals surface area contributed by atoms with Crippen molar-refractivity contribution in [3.05, 3.63) is 78.1 Å². The molecule has 26 heavy (non-hydrogen) atoms. The molecule has 0 spiro atoms. The molecule has 0 aliphatic rings. The number of benzene rings is 2. The summed E-state index contributed by atoms with van der Waals surface area (Å²) >= 11 is 0. The number of sulfonamides is 1. The minimum absolute atomic E-state index is 0.0501. The SMILES string of the molecule is O=S(=O)(NCCc1cnc(-c2ccccc2)nc1)c1cc(F)cc(F)c1. The van der Waals surface area contributed by atoms with Gasteiger partial charge in [0.2, 0.25) is 10.0 Å². The van der Waals surface area contributed by atoms with Gasteiger partial charge in [-0.25, -0.2) is 31.9 Å². The quantitative estimate of drug-likeness (QED) is 0.719. The lowest BCUT2D eigenvalue weighted by atomic mass is 10.2. The molecule has 0 unspecified atom stereocenters. The number of halogens is 2. The number of nitrogens with zero attached hydrogens (tertiary/aromatic N) is 2. The van der Waals surface area contributed by atoms with Gasteiger partial charge < -0.3 is 0 Å². The van der Waals surface area contributed by atoms with Gasteiger partial charge >= 0.3 is 0 Å². The Morgan fingerprint density at radius 2 is 1.54 bits per heavy atom. The Bertz CT molecular complexity index is 974. The third kappa shape index (κ3) is 4.47. The molecule has 1 aromatic heterocycles. The molecule has 0 aliphatic carbocycles. The molecule has 1 heterocycles. The van der Waals surface area contributed by atoms with Crippen molar-refractivity contribution in [2.24, 2.45) is 0 Å². The highest BCUT2D eigenvalue weighted by Gasteiger charge is 2.16. The van der Waals surface area contributed by atoms with Crippen molar-refractivity contribution >= 4 is 10.0 Å². The van der Waals surface area contributed by atoms with Crippen LogP contribution < -0.4 is 4.72 Å². The van der Waals surface area contributed by atoms with Gasteiger partial charge in [0.1, 0.15) is 11.6 Å². The maximum atomic E-state index is 13.2. The Kier molecular flexibility index (Phi) is 5.34. The van der Waals surface area contributed by atoms with Crippen LogP contribution in [0.1, 0.15) is 5.56 Å². The van der Waals surface area contributed by atoms with Crippen LogP contribution in [-0.2, 0) is 16.4 Å². The van der Waals surface area contributed by atoms with Crippen LogP contribution in [0.5, 0.6) is 0 Å². The summed E-state index contributed by atoms with van der Waals surface area (Å²) in [5, 5.41) is 0. The Balaban J connectivity index is 1.62. The highest BCUT2D eigenvalue weighted by atomic mass is 32.2. The standard InChI is InChI=1S/C18H15F2N3O2S/c19-15-8-16(20)10-17(9-15)26(24,25)23-7-6-13-11-21-18(22-12-13)14-4-2-1-3-5-14/h1-5,8-12,23H,6-7H2. The van der Waals surface area contributed by atoms with Crippen LogP contribution in [0, 0.1) is 11.6 Å². The molecule has 0 amide bonds. The van der Waals surface area contributed by atoms with E-state index in [0.29, 0.717) is 18.3 Å². The predicted molar refractivity (Wildman–Crippen MR) is 92.7 cm³/mol. The molecule has 134 valence electrons. The Hall–Kier alpha value is -2.71. The molecular formula is C18H15F2N3O2S. The minimum Gasteiger partial charge on any atom is -0.236 e. The van der Waals surface area contributed by atoms with Gasteiger partial charge in [0.25, 0.3) is 0 Å².